The van der Waals surface area contributed by atoms with Crippen molar-refractivity contribution in [1.82, 2.24) is 0 Å². The number of unbranched alkanes of at least 4 members (excludes halogenated alkanes) is 1. The molecule has 0 saturated carbocycles. The highest BCUT2D eigenvalue weighted by Crippen LogP contribution is 2.35. The average molecular weight is 813 g/mol. The van der Waals surface area contributed by atoms with E-state index in [0.29, 0.717) is 48.4 Å². The SMILES string of the molecule is CC(C)(c1ccc(OCC(O)COCCCCO)cc1)c1ccc(OCC(O)COc2ccc(C(C)(C)c3ccc(OCC(O)COCc4ccco4)cc3)cc2)cc1. The summed E-state index contributed by atoms with van der Waals surface area (Å²) in [5, 5.41) is 39.8. The van der Waals surface area contributed by atoms with Gasteiger partial charge >= 0.3 is 0 Å². The van der Waals surface area contributed by atoms with E-state index in [1.165, 1.54) is 0 Å². The fraction of sp³-hybridized carbons (Fsp3) is 0.417. The number of rotatable bonds is 26. The molecule has 3 atom stereocenters. The molecular weight excluding hydrogens is 753 g/mol. The van der Waals surface area contributed by atoms with Crippen LogP contribution in [0.1, 0.15) is 68.6 Å². The van der Waals surface area contributed by atoms with E-state index in [-0.39, 0.29) is 57.1 Å². The van der Waals surface area contributed by atoms with Crippen LogP contribution >= 0.6 is 0 Å². The number of hydrogen-bond donors (Lipinski definition) is 4. The Kier molecular flexibility index (Phi) is 17.2. The normalized spacial score (nSPS) is 13.4. The van der Waals surface area contributed by atoms with Gasteiger partial charge in [0.05, 0.1) is 19.5 Å². The van der Waals surface area contributed by atoms with Gasteiger partial charge in [-0.3, -0.25) is 0 Å². The molecule has 318 valence electrons. The number of aliphatic hydroxyl groups excluding tert-OH is 4. The third-order valence-electron chi connectivity index (χ3n) is 10.2. The van der Waals surface area contributed by atoms with Crippen molar-refractivity contribution in [3.8, 4) is 23.0 Å². The topological polar surface area (TPSA) is 149 Å². The minimum atomic E-state index is -0.829. The third kappa shape index (κ3) is 14.1. The van der Waals surface area contributed by atoms with Crippen molar-refractivity contribution in [2.75, 3.05) is 52.9 Å². The summed E-state index contributed by atoms with van der Waals surface area (Å²) in [7, 11) is 0. The minimum Gasteiger partial charge on any atom is -0.491 e. The van der Waals surface area contributed by atoms with Crippen molar-refractivity contribution in [1.29, 1.82) is 0 Å². The largest absolute Gasteiger partial charge is 0.491 e. The highest BCUT2D eigenvalue weighted by Gasteiger charge is 2.25. The molecule has 3 unspecified atom stereocenters. The fourth-order valence-electron chi connectivity index (χ4n) is 6.34. The number of furan rings is 1. The van der Waals surface area contributed by atoms with Gasteiger partial charge in [0.15, 0.2) is 0 Å². The number of aliphatic hydroxyl groups is 4. The molecule has 4 N–H and O–H groups in total. The highest BCUT2D eigenvalue weighted by atomic mass is 16.5. The molecule has 0 fully saturated rings. The average Bonchev–Trinajstić information content (AvgIpc) is 3.77. The lowest BCUT2D eigenvalue weighted by atomic mass is 9.78. The van der Waals surface area contributed by atoms with Crippen LogP contribution in [0.15, 0.2) is 120 Å². The first-order valence-corrected chi connectivity index (χ1v) is 20.2. The Bertz CT molecular complexity index is 1890. The fourth-order valence-corrected chi connectivity index (χ4v) is 6.34. The van der Waals surface area contributed by atoms with Gasteiger partial charge in [-0.25, -0.2) is 0 Å². The molecule has 1 heterocycles. The van der Waals surface area contributed by atoms with Crippen LogP contribution in [0.4, 0.5) is 0 Å². The summed E-state index contributed by atoms with van der Waals surface area (Å²) in [6.45, 7) is 10.3. The van der Waals surface area contributed by atoms with Gasteiger partial charge in [-0.1, -0.05) is 76.2 Å². The molecule has 0 aliphatic carbocycles. The first kappa shape index (κ1) is 45.2. The predicted octanol–water partition coefficient (Wildman–Crippen LogP) is 7.24. The molecular formula is C48H60O11. The van der Waals surface area contributed by atoms with Crippen molar-refractivity contribution < 1.29 is 53.3 Å². The summed E-state index contributed by atoms with van der Waals surface area (Å²) < 4.78 is 39.5. The van der Waals surface area contributed by atoms with Gasteiger partial charge in [0.25, 0.3) is 0 Å². The molecule has 11 nitrogen and oxygen atoms in total. The molecule has 5 rings (SSSR count). The standard InChI is InChI=1S/C48H60O11/c1-47(2,35-9-17-42(18-10-35)56-30-39(50)28-53-26-6-5-25-49)37-13-21-44(22-14-37)58-32-41(52)33-59-45-23-15-38(16-24-45)48(3,4)36-11-19-43(20-12-36)57-31-40(51)29-54-34-46-8-7-27-55-46/h7-24,27,39-41,49-52H,5-6,25-26,28-34H2,1-4H3. The Labute approximate surface area is 348 Å². The summed E-state index contributed by atoms with van der Waals surface area (Å²) in [6, 6.07) is 35.1. The zero-order valence-corrected chi connectivity index (χ0v) is 34.6. The van der Waals surface area contributed by atoms with Gasteiger partial charge in [0, 0.05) is 24.0 Å². The highest BCUT2D eigenvalue weighted by molar-refractivity contribution is 5.43. The van der Waals surface area contributed by atoms with Crippen LogP contribution in [0, 0.1) is 0 Å². The van der Waals surface area contributed by atoms with E-state index in [0.717, 1.165) is 28.7 Å². The van der Waals surface area contributed by atoms with E-state index in [2.05, 4.69) is 27.7 Å². The van der Waals surface area contributed by atoms with Crippen LogP contribution in [0.25, 0.3) is 0 Å². The van der Waals surface area contributed by atoms with E-state index in [1.54, 1.807) is 12.3 Å². The van der Waals surface area contributed by atoms with E-state index >= 15 is 0 Å². The second-order valence-electron chi connectivity index (χ2n) is 15.7. The monoisotopic (exact) mass is 812 g/mol. The molecule has 0 radical (unpaired) electrons. The van der Waals surface area contributed by atoms with Gasteiger partial charge < -0.3 is 53.3 Å². The van der Waals surface area contributed by atoms with Crippen LogP contribution in [-0.4, -0.2) is 91.6 Å². The second-order valence-corrected chi connectivity index (χ2v) is 15.7. The van der Waals surface area contributed by atoms with Gasteiger partial charge in [0.2, 0.25) is 0 Å². The maximum Gasteiger partial charge on any atom is 0.129 e. The predicted molar refractivity (Wildman–Crippen MR) is 226 cm³/mol. The maximum atomic E-state index is 10.6. The Morgan fingerprint density at radius 1 is 0.475 bits per heavy atom. The molecule has 0 aliphatic heterocycles. The summed E-state index contributed by atoms with van der Waals surface area (Å²) in [4.78, 5) is 0. The second kappa shape index (κ2) is 22.5. The molecule has 0 spiro atoms. The van der Waals surface area contributed by atoms with Crippen molar-refractivity contribution in [2.24, 2.45) is 0 Å². The molecule has 0 aliphatic rings. The number of ether oxygens (including phenoxy) is 6. The Hall–Kier alpha value is -4.88. The molecule has 0 amide bonds. The summed E-state index contributed by atoms with van der Waals surface area (Å²) in [5.74, 6) is 3.34. The molecule has 0 bridgehead atoms. The quantitative estimate of drug-likeness (QED) is 0.0419. The van der Waals surface area contributed by atoms with Crippen molar-refractivity contribution in [3.63, 3.8) is 0 Å². The van der Waals surface area contributed by atoms with Gasteiger partial charge in [0.1, 0.15) is 80.1 Å². The lowest BCUT2D eigenvalue weighted by Gasteiger charge is -2.27. The number of hydrogen-bond acceptors (Lipinski definition) is 11. The van der Waals surface area contributed by atoms with E-state index in [1.807, 2.05) is 103 Å². The van der Waals surface area contributed by atoms with Crippen LogP contribution in [0.3, 0.4) is 0 Å². The van der Waals surface area contributed by atoms with Gasteiger partial charge in [-0.2, -0.15) is 0 Å². The number of benzene rings is 4. The van der Waals surface area contributed by atoms with Crippen molar-refractivity contribution in [3.05, 3.63) is 143 Å². The van der Waals surface area contributed by atoms with Crippen LogP contribution in [0.2, 0.25) is 0 Å². The molecule has 11 heteroatoms. The molecule has 5 aromatic rings. The Morgan fingerprint density at radius 3 is 1.17 bits per heavy atom. The van der Waals surface area contributed by atoms with Crippen LogP contribution in [-0.2, 0) is 26.9 Å². The van der Waals surface area contributed by atoms with Crippen LogP contribution < -0.4 is 18.9 Å². The molecule has 59 heavy (non-hydrogen) atoms. The molecule has 0 saturated heterocycles. The summed E-state index contributed by atoms with van der Waals surface area (Å²) in [6.07, 6.45) is 0.701. The minimum absolute atomic E-state index is 0.0813. The lowest BCUT2D eigenvalue weighted by molar-refractivity contribution is 0.000875. The molecule has 1 aromatic heterocycles. The third-order valence-corrected chi connectivity index (χ3v) is 10.2. The van der Waals surface area contributed by atoms with E-state index < -0.39 is 18.3 Å². The van der Waals surface area contributed by atoms with E-state index in [9.17, 15) is 15.3 Å². The zero-order valence-electron chi connectivity index (χ0n) is 34.6. The first-order chi connectivity index (χ1) is 28.4. The van der Waals surface area contributed by atoms with Crippen molar-refractivity contribution in [2.45, 2.75) is 76.3 Å². The summed E-state index contributed by atoms with van der Waals surface area (Å²) in [5.41, 5.74) is 3.83. The van der Waals surface area contributed by atoms with Gasteiger partial charge in [-0.05, 0) is 95.8 Å². The lowest BCUT2D eigenvalue weighted by Crippen LogP contribution is -2.25. The molecule has 4 aromatic carbocycles. The van der Waals surface area contributed by atoms with Crippen LogP contribution in [0.5, 0.6) is 23.0 Å². The maximum absolute atomic E-state index is 10.6. The Balaban J connectivity index is 1.01. The smallest absolute Gasteiger partial charge is 0.129 e. The summed E-state index contributed by atoms with van der Waals surface area (Å²) >= 11 is 0. The van der Waals surface area contributed by atoms with Gasteiger partial charge in [-0.15, -0.1) is 0 Å². The Morgan fingerprint density at radius 2 is 0.831 bits per heavy atom. The zero-order chi connectivity index (χ0) is 42.1. The first-order valence-electron chi connectivity index (χ1n) is 20.2. The van der Waals surface area contributed by atoms with Crippen molar-refractivity contribution >= 4 is 0 Å². The van der Waals surface area contributed by atoms with E-state index in [4.69, 9.17) is 37.9 Å².